The summed E-state index contributed by atoms with van der Waals surface area (Å²) < 4.78 is 111. The number of rotatable bonds is 8. The van der Waals surface area contributed by atoms with E-state index in [4.69, 9.17) is 18.9 Å². The number of ether oxygens (including phenoxy) is 4. The number of hydrogen-bond acceptors (Lipinski definition) is 14. The van der Waals surface area contributed by atoms with E-state index < -0.39 is 152 Å². The molecule has 2 amide bonds. The van der Waals surface area contributed by atoms with Gasteiger partial charge in [0, 0.05) is 73.4 Å². The maximum Gasteiger partial charge on any atom is 0.432 e. The fraction of sp³-hybridized carbons (Fsp3) is 0.526. The summed E-state index contributed by atoms with van der Waals surface area (Å²) in [5, 5.41) is -2.52. The van der Waals surface area contributed by atoms with Gasteiger partial charge in [-0.1, -0.05) is 82.3 Å². The molecular weight excluding hydrogens is 887 g/mol. The van der Waals surface area contributed by atoms with Crippen LogP contribution in [0.1, 0.15) is 36.8 Å². The Kier molecular flexibility index (Phi) is 10.5. The molecule has 60 heavy (non-hydrogen) atoms. The second-order valence-corrected chi connectivity index (χ2v) is 19.4. The van der Waals surface area contributed by atoms with Gasteiger partial charge in [0.2, 0.25) is 0 Å². The molecular formula is C38H34F6N2O10S4. The number of methoxy groups -OCH3 is 2. The van der Waals surface area contributed by atoms with Gasteiger partial charge < -0.3 is 28.7 Å². The molecule has 2 spiro atoms. The second-order valence-electron chi connectivity index (χ2n) is 15.4. The summed E-state index contributed by atoms with van der Waals surface area (Å²) >= 11 is 8.92. The Morgan fingerprint density at radius 1 is 0.633 bits per heavy atom. The van der Waals surface area contributed by atoms with E-state index >= 15 is 9.59 Å². The van der Waals surface area contributed by atoms with E-state index in [1.165, 1.54) is 36.4 Å². The predicted molar refractivity (Wildman–Crippen MR) is 205 cm³/mol. The van der Waals surface area contributed by atoms with Crippen molar-refractivity contribution in [2.45, 2.75) is 93.8 Å². The first kappa shape index (κ1) is 43.2. The van der Waals surface area contributed by atoms with Gasteiger partial charge in [-0.05, 0) is 0 Å². The SMILES string of the molecule is CO[C@@](C(=O)O[C@@H]1[C@H]2[C@H](C[C@@]34SS[C@]5(C[C@@H]6C(=O)C[C@@H](S)[C@H](OC(=O)[C@](OC)(c7ccccc7)C(F)(F)F)[C@@H]6N5C3=O)C(=O)N24)C(=O)C[C@H]1S)(c1ccccc1)C(F)(F)F. The standard InChI is InChI=1S/C38H34F6N2O10S4/c1-53-35(37(39,40)41,17-9-5-3-6-10-17)31(51)55-27-23(57)13-21(47)19-15-33-30(50)46-26-20(16-34(46,60-59-33)29(49)45(33)25(19)27)22(48)14-24(58)28(26)56-32(52)36(54-2,38(42,43)44)18-11-7-4-8-12-18/h3-12,19-20,23-28,57-58H,13-16H2,1-2H3/t19-,20-,23-,24-,25-,26-,27+,28+,33-,34-,35-,36-/m1/s1. The summed E-state index contributed by atoms with van der Waals surface area (Å²) in [5.41, 5.74) is -8.54. The molecule has 0 aromatic heterocycles. The van der Waals surface area contributed by atoms with Crippen LogP contribution in [-0.2, 0) is 58.9 Å². The third-order valence-electron chi connectivity index (χ3n) is 12.5. The number of benzene rings is 2. The molecule has 22 heteroatoms. The van der Waals surface area contributed by atoms with E-state index in [0.29, 0.717) is 14.2 Å². The number of esters is 2. The van der Waals surface area contributed by atoms with E-state index in [1.807, 2.05) is 0 Å². The van der Waals surface area contributed by atoms with Gasteiger partial charge in [0.25, 0.3) is 23.0 Å². The van der Waals surface area contributed by atoms with Crippen LogP contribution in [-0.4, -0.2) is 116 Å². The number of piperazine rings is 1. The lowest BCUT2D eigenvalue weighted by molar-refractivity contribution is -0.280. The molecule has 7 fully saturated rings. The van der Waals surface area contributed by atoms with Gasteiger partial charge in [-0.3, -0.25) is 19.2 Å². The molecule has 0 radical (unpaired) electrons. The number of carbonyl (C=O) groups is 6. The fourth-order valence-corrected chi connectivity index (χ4v) is 14.5. The van der Waals surface area contributed by atoms with Crippen molar-refractivity contribution >= 4 is 82.2 Å². The van der Waals surface area contributed by atoms with Gasteiger partial charge >= 0.3 is 24.3 Å². The summed E-state index contributed by atoms with van der Waals surface area (Å²) in [5.74, 6) is -9.08. The van der Waals surface area contributed by atoms with Crippen LogP contribution < -0.4 is 0 Å². The minimum absolute atomic E-state index is 0.401. The lowest BCUT2D eigenvalue weighted by Crippen LogP contribution is -2.78. The third-order valence-corrected chi connectivity index (χ3v) is 17.1. The number of carbonyl (C=O) groups excluding carboxylic acids is 6. The van der Waals surface area contributed by atoms with Gasteiger partial charge in [0.1, 0.15) is 23.8 Å². The van der Waals surface area contributed by atoms with Gasteiger partial charge in [0.15, 0.2) is 9.74 Å². The van der Waals surface area contributed by atoms with Crippen LogP contribution in [0.4, 0.5) is 26.3 Å². The monoisotopic (exact) mass is 920 g/mol. The van der Waals surface area contributed by atoms with Crippen LogP contribution >= 0.6 is 46.8 Å². The summed E-state index contributed by atoms with van der Waals surface area (Å²) in [7, 11) is 3.11. The van der Waals surface area contributed by atoms with Crippen LogP contribution in [0.3, 0.4) is 0 Å². The number of nitrogens with zero attached hydrogens (tertiary/aromatic N) is 2. The summed E-state index contributed by atoms with van der Waals surface area (Å²) in [4.78, 5) is 83.8. The molecule has 9 rings (SSSR count). The van der Waals surface area contributed by atoms with E-state index in [-0.39, 0.29) is 0 Å². The fourth-order valence-electron chi connectivity index (χ4n) is 9.84. The molecule has 5 aliphatic heterocycles. The summed E-state index contributed by atoms with van der Waals surface area (Å²) in [6.45, 7) is 0. The van der Waals surface area contributed by atoms with Crippen LogP contribution in [0, 0.1) is 11.8 Å². The number of hydrogen-bond donors (Lipinski definition) is 2. The Balaban J connectivity index is 1.17. The molecule has 5 heterocycles. The number of thiol groups is 2. The van der Waals surface area contributed by atoms with Crippen molar-refractivity contribution < 1.29 is 74.1 Å². The lowest BCUT2D eigenvalue weighted by Gasteiger charge is -2.59. The topological polar surface area (TPSA) is 146 Å². The van der Waals surface area contributed by atoms with Crippen molar-refractivity contribution in [1.29, 1.82) is 0 Å². The first-order valence-electron chi connectivity index (χ1n) is 18.4. The second kappa shape index (κ2) is 14.6. The minimum atomic E-state index is -5.38. The van der Waals surface area contributed by atoms with Crippen LogP contribution in [0.25, 0.3) is 0 Å². The van der Waals surface area contributed by atoms with E-state index in [0.717, 1.165) is 55.7 Å². The Morgan fingerprint density at radius 3 is 1.27 bits per heavy atom. The Morgan fingerprint density at radius 2 is 0.967 bits per heavy atom. The Hall–Kier alpha value is -3.44. The van der Waals surface area contributed by atoms with Crippen molar-refractivity contribution in [3.05, 3.63) is 71.8 Å². The van der Waals surface area contributed by atoms with E-state index in [1.54, 1.807) is 0 Å². The molecule has 12 nitrogen and oxygen atoms in total. The predicted octanol–water partition coefficient (Wildman–Crippen LogP) is 4.80. The molecule has 2 aromatic carbocycles. The first-order valence-corrected chi connectivity index (χ1v) is 21.6. The summed E-state index contributed by atoms with van der Waals surface area (Å²) in [6, 6.07) is 8.92. The maximum atomic E-state index is 15.1. The highest BCUT2D eigenvalue weighted by Gasteiger charge is 2.81. The third kappa shape index (κ3) is 5.71. The molecule has 0 unspecified atom stereocenters. The minimum Gasteiger partial charge on any atom is -0.456 e. The van der Waals surface area contributed by atoms with Crippen molar-refractivity contribution in [1.82, 2.24) is 9.80 Å². The molecule has 2 aromatic rings. The normalized spacial score (nSPS) is 35.5. The largest absolute Gasteiger partial charge is 0.456 e. The van der Waals surface area contributed by atoms with Gasteiger partial charge in [-0.2, -0.15) is 51.6 Å². The van der Waals surface area contributed by atoms with E-state index in [2.05, 4.69) is 25.3 Å². The quantitative estimate of drug-likeness (QED) is 0.163. The average molecular weight is 921 g/mol. The van der Waals surface area contributed by atoms with Crippen LogP contribution in [0.5, 0.6) is 0 Å². The number of amides is 2. The molecule has 12 atom stereocenters. The average Bonchev–Trinajstić information content (AvgIpc) is 3.74. The molecule has 0 N–H and O–H groups in total. The van der Waals surface area contributed by atoms with Gasteiger partial charge in [-0.15, -0.1) is 0 Å². The van der Waals surface area contributed by atoms with Crippen LogP contribution in [0.15, 0.2) is 60.7 Å². The number of fused-ring (bicyclic) bond motifs is 3. The first-order chi connectivity index (χ1) is 28.2. The lowest BCUT2D eigenvalue weighted by atomic mass is 9.80. The highest BCUT2D eigenvalue weighted by molar-refractivity contribution is 8.78. The van der Waals surface area contributed by atoms with E-state index in [9.17, 15) is 45.5 Å². The highest BCUT2D eigenvalue weighted by atomic mass is 33.1. The number of halogens is 6. The maximum absolute atomic E-state index is 15.1. The Labute approximate surface area is 356 Å². The smallest absolute Gasteiger partial charge is 0.432 e. The van der Waals surface area contributed by atoms with Gasteiger partial charge in [0.05, 0.1) is 12.1 Å². The zero-order valence-electron chi connectivity index (χ0n) is 31.2. The molecule has 322 valence electrons. The van der Waals surface area contributed by atoms with Crippen molar-refractivity contribution in [3.8, 4) is 0 Å². The van der Waals surface area contributed by atoms with Crippen molar-refractivity contribution in [3.63, 3.8) is 0 Å². The molecule has 7 aliphatic rings. The van der Waals surface area contributed by atoms with Gasteiger partial charge in [-0.25, -0.2) is 9.59 Å². The van der Waals surface area contributed by atoms with Crippen LogP contribution in [0.2, 0.25) is 0 Å². The number of alkyl halides is 6. The molecule has 2 saturated carbocycles. The number of ketones is 2. The van der Waals surface area contributed by atoms with Crippen molar-refractivity contribution in [2.75, 3.05) is 14.2 Å². The van der Waals surface area contributed by atoms with Crippen molar-refractivity contribution in [2.24, 2.45) is 11.8 Å². The summed E-state index contributed by atoms with van der Waals surface area (Å²) in [6.07, 6.45) is -15.8. The zero-order chi connectivity index (χ0) is 43.5. The molecule has 2 aliphatic carbocycles. The number of Topliss-reactive ketones (excluding diaryl/α,β-unsaturated/α-hetero) is 2. The molecule has 5 saturated heterocycles. The zero-order valence-corrected chi connectivity index (χ0v) is 34.6. The molecule has 2 bridgehead atoms. The Bertz CT molecular complexity index is 2010. The highest BCUT2D eigenvalue weighted by Crippen LogP contribution is 2.70.